The molecule has 1 amide bonds. The van der Waals surface area contributed by atoms with E-state index >= 15 is 0 Å². The van der Waals surface area contributed by atoms with Crippen LogP contribution in [0.3, 0.4) is 0 Å². The van der Waals surface area contributed by atoms with E-state index in [1.807, 2.05) is 30.3 Å². The van der Waals surface area contributed by atoms with Crippen LogP contribution in [0.25, 0.3) is 21.5 Å². The van der Waals surface area contributed by atoms with Gasteiger partial charge >= 0.3 is 5.69 Å². The van der Waals surface area contributed by atoms with Crippen LogP contribution >= 0.6 is 11.3 Å². The van der Waals surface area contributed by atoms with Crippen LogP contribution in [0.15, 0.2) is 59.4 Å². The van der Waals surface area contributed by atoms with Crippen LogP contribution in [0.2, 0.25) is 0 Å². The highest BCUT2D eigenvalue weighted by atomic mass is 32.1. The van der Waals surface area contributed by atoms with Gasteiger partial charge in [-0.05, 0) is 60.2 Å². The Kier molecular flexibility index (Phi) is 4.06. The summed E-state index contributed by atoms with van der Waals surface area (Å²) in [5.41, 5.74) is 2.73. The number of benzene rings is 2. The molecule has 0 atom stereocenters. The molecule has 7 heteroatoms. The number of aromatic amines is 2. The first-order chi connectivity index (χ1) is 12.6. The topological polar surface area (TPSA) is 87.0 Å². The summed E-state index contributed by atoms with van der Waals surface area (Å²) in [5, 5.41) is 2.86. The van der Waals surface area contributed by atoms with Crippen molar-refractivity contribution >= 4 is 34.0 Å². The molecular formula is C19H15N3O3S. The van der Waals surface area contributed by atoms with Crippen LogP contribution in [0.1, 0.15) is 9.67 Å². The van der Waals surface area contributed by atoms with E-state index < -0.39 is 0 Å². The number of ether oxygens (including phenoxy) is 1. The lowest BCUT2D eigenvalue weighted by Gasteiger charge is -2.03. The van der Waals surface area contributed by atoms with E-state index in [4.69, 9.17) is 4.74 Å². The molecule has 0 aliphatic heterocycles. The number of H-pyrrole nitrogens is 2. The van der Waals surface area contributed by atoms with Gasteiger partial charge < -0.3 is 20.0 Å². The van der Waals surface area contributed by atoms with Crippen molar-refractivity contribution in [3.63, 3.8) is 0 Å². The number of nitrogens with one attached hydrogen (secondary N) is 3. The number of thiophene rings is 1. The molecule has 0 saturated carbocycles. The van der Waals surface area contributed by atoms with Crippen molar-refractivity contribution in [2.75, 3.05) is 12.4 Å². The van der Waals surface area contributed by atoms with Crippen molar-refractivity contribution < 1.29 is 9.53 Å². The molecule has 26 heavy (non-hydrogen) atoms. The lowest BCUT2D eigenvalue weighted by molar-refractivity contribution is 0.103. The largest absolute Gasteiger partial charge is 0.497 e. The number of anilines is 1. The third-order valence-electron chi connectivity index (χ3n) is 3.98. The van der Waals surface area contributed by atoms with E-state index in [-0.39, 0.29) is 11.6 Å². The highest BCUT2D eigenvalue weighted by Crippen LogP contribution is 2.30. The Bertz CT molecular complexity index is 1140. The molecule has 6 nitrogen and oxygen atoms in total. The molecule has 3 N–H and O–H groups in total. The van der Waals surface area contributed by atoms with E-state index in [1.165, 1.54) is 11.3 Å². The lowest BCUT2D eigenvalue weighted by atomic mass is 10.2. The third-order valence-corrected chi connectivity index (χ3v) is 5.11. The second-order valence-electron chi connectivity index (χ2n) is 5.69. The number of rotatable bonds is 4. The molecule has 0 fully saturated rings. The Morgan fingerprint density at radius 1 is 1.00 bits per heavy atom. The Morgan fingerprint density at radius 3 is 2.54 bits per heavy atom. The zero-order valence-electron chi connectivity index (χ0n) is 13.8. The molecule has 2 heterocycles. The average molecular weight is 365 g/mol. The first-order valence-electron chi connectivity index (χ1n) is 7.90. The molecule has 4 rings (SSSR count). The lowest BCUT2D eigenvalue weighted by Crippen LogP contribution is -2.09. The van der Waals surface area contributed by atoms with E-state index in [1.54, 1.807) is 31.4 Å². The highest BCUT2D eigenvalue weighted by Gasteiger charge is 2.11. The monoisotopic (exact) mass is 365 g/mol. The van der Waals surface area contributed by atoms with Gasteiger partial charge in [-0.1, -0.05) is 0 Å². The van der Waals surface area contributed by atoms with Crippen LogP contribution in [-0.2, 0) is 0 Å². The van der Waals surface area contributed by atoms with Crippen molar-refractivity contribution in [2.45, 2.75) is 0 Å². The number of fused-ring (bicyclic) bond motifs is 1. The molecule has 0 radical (unpaired) electrons. The van der Waals surface area contributed by atoms with Crippen molar-refractivity contribution in [1.29, 1.82) is 0 Å². The normalized spacial score (nSPS) is 10.8. The molecule has 0 unspecified atom stereocenters. The summed E-state index contributed by atoms with van der Waals surface area (Å²) in [6.07, 6.45) is 0. The first-order valence-corrected chi connectivity index (χ1v) is 8.72. The maximum atomic E-state index is 12.5. The van der Waals surface area contributed by atoms with Gasteiger partial charge in [0.2, 0.25) is 0 Å². The number of carbonyl (C=O) groups is 1. The summed E-state index contributed by atoms with van der Waals surface area (Å²) < 4.78 is 5.16. The first kappa shape index (κ1) is 16.2. The second kappa shape index (κ2) is 6.53. The summed E-state index contributed by atoms with van der Waals surface area (Å²) in [6.45, 7) is 0. The number of amides is 1. The Balaban J connectivity index is 1.54. The summed E-state index contributed by atoms with van der Waals surface area (Å²) in [6, 6.07) is 16.7. The van der Waals surface area contributed by atoms with Gasteiger partial charge in [-0.25, -0.2) is 4.79 Å². The summed E-state index contributed by atoms with van der Waals surface area (Å²) in [7, 11) is 1.63. The van der Waals surface area contributed by atoms with Crippen LogP contribution in [0.4, 0.5) is 5.69 Å². The van der Waals surface area contributed by atoms with Gasteiger partial charge in [0.1, 0.15) is 5.75 Å². The summed E-state index contributed by atoms with van der Waals surface area (Å²) in [4.78, 5) is 30.8. The van der Waals surface area contributed by atoms with Gasteiger partial charge in [0.05, 0.1) is 23.0 Å². The van der Waals surface area contributed by atoms with Crippen LogP contribution in [-0.4, -0.2) is 23.0 Å². The number of methoxy groups -OCH3 is 1. The Morgan fingerprint density at radius 2 is 1.77 bits per heavy atom. The van der Waals surface area contributed by atoms with Crippen LogP contribution < -0.4 is 15.7 Å². The molecule has 4 aromatic rings. The van der Waals surface area contributed by atoms with Gasteiger partial charge in [0.25, 0.3) is 5.91 Å². The van der Waals surface area contributed by atoms with Crippen LogP contribution in [0.5, 0.6) is 5.75 Å². The third kappa shape index (κ3) is 3.12. The minimum absolute atomic E-state index is 0.188. The van der Waals surface area contributed by atoms with Gasteiger partial charge in [0, 0.05) is 10.6 Å². The minimum atomic E-state index is -0.272. The van der Waals surface area contributed by atoms with Gasteiger partial charge in [-0.15, -0.1) is 11.3 Å². The van der Waals surface area contributed by atoms with Crippen molar-refractivity contribution in [1.82, 2.24) is 9.97 Å². The fraction of sp³-hybridized carbons (Fsp3) is 0.0526. The number of hydrogen-bond acceptors (Lipinski definition) is 4. The Hall–Kier alpha value is -3.32. The second-order valence-corrected chi connectivity index (χ2v) is 6.77. The SMILES string of the molecule is COc1ccc(-c2ccc(C(=O)Nc3ccc4[nH]c(=O)[nH]c4c3)s2)cc1. The standard InChI is InChI=1S/C19H15N3O3S/c1-25-13-5-2-11(3-6-13)16-8-9-17(26-16)18(23)20-12-4-7-14-15(10-12)22-19(24)21-14/h2-10H,1H3,(H,20,23)(H2,21,22,24). The molecule has 0 aliphatic carbocycles. The van der Waals surface area contributed by atoms with E-state index in [2.05, 4.69) is 15.3 Å². The van der Waals surface area contributed by atoms with Gasteiger partial charge in [0.15, 0.2) is 0 Å². The molecule has 0 aliphatic rings. The van der Waals surface area contributed by atoms with Crippen molar-refractivity contribution in [2.24, 2.45) is 0 Å². The molecule has 2 aromatic heterocycles. The number of carbonyl (C=O) groups excluding carboxylic acids is 1. The molecule has 0 saturated heterocycles. The fourth-order valence-electron chi connectivity index (χ4n) is 2.67. The molecule has 0 bridgehead atoms. The molecule has 0 spiro atoms. The summed E-state index contributed by atoms with van der Waals surface area (Å²) >= 11 is 1.42. The molecule has 2 aromatic carbocycles. The molecular weight excluding hydrogens is 350 g/mol. The number of aromatic nitrogens is 2. The highest BCUT2D eigenvalue weighted by molar-refractivity contribution is 7.17. The number of hydrogen-bond donors (Lipinski definition) is 3. The van der Waals surface area contributed by atoms with E-state index in [0.29, 0.717) is 21.6 Å². The fourth-order valence-corrected chi connectivity index (χ4v) is 3.58. The van der Waals surface area contributed by atoms with Crippen molar-refractivity contribution in [3.8, 4) is 16.2 Å². The average Bonchev–Trinajstić information content (AvgIpc) is 3.27. The van der Waals surface area contributed by atoms with Gasteiger partial charge in [-0.2, -0.15) is 0 Å². The smallest absolute Gasteiger partial charge is 0.323 e. The molecule has 130 valence electrons. The van der Waals surface area contributed by atoms with Crippen LogP contribution in [0, 0.1) is 0 Å². The zero-order valence-corrected chi connectivity index (χ0v) is 14.6. The summed E-state index contributed by atoms with van der Waals surface area (Å²) in [5.74, 6) is 0.605. The Labute approximate surface area is 152 Å². The van der Waals surface area contributed by atoms with Gasteiger partial charge in [-0.3, -0.25) is 4.79 Å². The minimum Gasteiger partial charge on any atom is -0.497 e. The van der Waals surface area contributed by atoms with Crippen molar-refractivity contribution in [3.05, 3.63) is 70.0 Å². The number of imidazole rings is 1. The quantitative estimate of drug-likeness (QED) is 0.513. The maximum absolute atomic E-state index is 12.5. The maximum Gasteiger partial charge on any atom is 0.323 e. The zero-order chi connectivity index (χ0) is 18.1. The van der Waals surface area contributed by atoms with E-state index in [0.717, 1.165) is 16.2 Å². The predicted octanol–water partition coefficient (Wildman–Crippen LogP) is 3.85. The predicted molar refractivity (Wildman–Crippen MR) is 103 cm³/mol. The van der Waals surface area contributed by atoms with E-state index in [9.17, 15) is 9.59 Å².